The fourth-order valence-corrected chi connectivity index (χ4v) is 4.04. The lowest BCUT2D eigenvalue weighted by atomic mass is 10.1. The Morgan fingerprint density at radius 1 is 0.968 bits per heavy atom. The van der Waals surface area contributed by atoms with Gasteiger partial charge in [0.05, 0.1) is 0 Å². The molecular weight excluding hydrogens is 440 g/mol. The van der Waals surface area contributed by atoms with Gasteiger partial charge in [-0.3, -0.25) is 0 Å². The van der Waals surface area contributed by atoms with Gasteiger partial charge in [0, 0.05) is 15.5 Å². The van der Waals surface area contributed by atoms with E-state index in [1.54, 1.807) is 30.3 Å². The van der Waals surface area contributed by atoms with Crippen molar-refractivity contribution in [1.82, 2.24) is 10.2 Å². The third-order valence-electron chi connectivity index (χ3n) is 4.52. The number of thiophene rings is 1. The summed E-state index contributed by atoms with van der Waals surface area (Å²) in [4.78, 5) is 13.8. The van der Waals surface area contributed by atoms with Gasteiger partial charge in [-0.15, -0.1) is 21.5 Å². The Morgan fingerprint density at radius 3 is 2.58 bits per heavy atom. The van der Waals surface area contributed by atoms with Crippen molar-refractivity contribution in [3.05, 3.63) is 70.4 Å². The molecule has 1 aliphatic heterocycles. The minimum absolute atomic E-state index is 0.114. The van der Waals surface area contributed by atoms with Gasteiger partial charge in [-0.25, -0.2) is 4.79 Å². The van der Waals surface area contributed by atoms with Gasteiger partial charge in [0.2, 0.25) is 5.89 Å². The second-order valence-corrected chi connectivity index (χ2v) is 8.13. The van der Waals surface area contributed by atoms with Crippen LogP contribution in [0.2, 0.25) is 5.02 Å². The maximum atomic E-state index is 12.4. The molecule has 156 valence electrons. The molecule has 1 aliphatic rings. The summed E-state index contributed by atoms with van der Waals surface area (Å²) in [6.45, 7) is 0.952. The third kappa shape index (κ3) is 4.26. The minimum atomic E-state index is -0.458. The van der Waals surface area contributed by atoms with Crippen LogP contribution in [0.3, 0.4) is 0 Å². The predicted molar refractivity (Wildman–Crippen MR) is 115 cm³/mol. The molecule has 2 aromatic carbocycles. The molecular formula is C22H15ClN2O5S. The molecule has 0 aliphatic carbocycles. The summed E-state index contributed by atoms with van der Waals surface area (Å²) >= 11 is 7.22. The number of nitrogens with zero attached hydrogens (tertiary/aromatic N) is 2. The van der Waals surface area contributed by atoms with Crippen LogP contribution >= 0.6 is 22.9 Å². The van der Waals surface area contributed by atoms with Gasteiger partial charge >= 0.3 is 5.97 Å². The highest BCUT2D eigenvalue weighted by Gasteiger charge is 2.17. The van der Waals surface area contributed by atoms with Crippen LogP contribution in [0.25, 0.3) is 21.9 Å². The van der Waals surface area contributed by atoms with E-state index < -0.39 is 5.97 Å². The average Bonchev–Trinajstić information content (AvgIpc) is 3.48. The SMILES string of the molecule is O=C(OCc1nnc(-c2ccc(Cl)cc2)o1)c1ccc(-c2ccc3c(c2)OCCO3)s1. The van der Waals surface area contributed by atoms with Crippen LogP contribution in [0.15, 0.2) is 59.0 Å². The molecule has 0 unspecified atom stereocenters. The first kappa shape index (κ1) is 19.6. The van der Waals surface area contributed by atoms with E-state index in [0.29, 0.717) is 34.8 Å². The summed E-state index contributed by atoms with van der Waals surface area (Å²) in [6, 6.07) is 16.3. The lowest BCUT2D eigenvalue weighted by molar-refractivity contribution is 0.0444. The number of fused-ring (bicyclic) bond motifs is 1. The zero-order valence-corrected chi connectivity index (χ0v) is 17.6. The molecule has 9 heteroatoms. The summed E-state index contributed by atoms with van der Waals surface area (Å²) in [5.74, 6) is 1.51. The Labute approximate surface area is 186 Å². The van der Waals surface area contributed by atoms with E-state index >= 15 is 0 Å². The largest absolute Gasteiger partial charge is 0.486 e. The summed E-state index contributed by atoms with van der Waals surface area (Å²) in [6.07, 6.45) is 0. The van der Waals surface area contributed by atoms with E-state index in [9.17, 15) is 4.79 Å². The van der Waals surface area contributed by atoms with Crippen LogP contribution in [-0.4, -0.2) is 29.4 Å². The molecule has 0 atom stereocenters. The van der Waals surface area contributed by atoms with Crippen molar-refractivity contribution in [2.75, 3.05) is 13.2 Å². The molecule has 0 saturated heterocycles. The fourth-order valence-electron chi connectivity index (χ4n) is 3.02. The van der Waals surface area contributed by atoms with Gasteiger partial charge in [-0.1, -0.05) is 11.6 Å². The number of rotatable bonds is 5. The first-order valence-corrected chi connectivity index (χ1v) is 10.6. The number of ether oxygens (including phenoxy) is 3. The van der Waals surface area contributed by atoms with Crippen LogP contribution in [0.1, 0.15) is 15.6 Å². The number of hydrogen-bond acceptors (Lipinski definition) is 8. The third-order valence-corrected chi connectivity index (χ3v) is 5.88. The maximum Gasteiger partial charge on any atom is 0.348 e. The molecule has 0 spiro atoms. The van der Waals surface area contributed by atoms with Gasteiger partial charge in [-0.2, -0.15) is 0 Å². The van der Waals surface area contributed by atoms with Gasteiger partial charge in [-0.05, 0) is 60.2 Å². The first-order valence-electron chi connectivity index (χ1n) is 9.41. The quantitative estimate of drug-likeness (QED) is 0.381. The molecule has 4 aromatic rings. The highest BCUT2D eigenvalue weighted by Crippen LogP contribution is 2.37. The summed E-state index contributed by atoms with van der Waals surface area (Å²) in [5.41, 5.74) is 1.68. The molecule has 2 aromatic heterocycles. The number of benzene rings is 2. The van der Waals surface area contributed by atoms with E-state index in [0.717, 1.165) is 21.8 Å². The van der Waals surface area contributed by atoms with Gasteiger partial charge < -0.3 is 18.6 Å². The van der Waals surface area contributed by atoms with Gasteiger partial charge in [0.1, 0.15) is 18.1 Å². The Bertz CT molecular complexity index is 1230. The number of hydrogen-bond donors (Lipinski definition) is 0. The predicted octanol–water partition coefficient (Wildman–Crippen LogP) is 5.25. The Hall–Kier alpha value is -3.36. The molecule has 7 nitrogen and oxygen atoms in total. The fraction of sp³-hybridized carbons (Fsp3) is 0.136. The lowest BCUT2D eigenvalue weighted by Gasteiger charge is -2.18. The normalized spacial score (nSPS) is 12.5. The van der Waals surface area contributed by atoms with Crippen LogP contribution in [0.5, 0.6) is 11.5 Å². The zero-order chi connectivity index (χ0) is 21.2. The Kier molecular flexibility index (Phi) is 5.31. The van der Waals surface area contributed by atoms with Crippen molar-refractivity contribution in [1.29, 1.82) is 0 Å². The summed E-state index contributed by atoms with van der Waals surface area (Å²) in [5, 5.41) is 8.52. The van der Waals surface area contributed by atoms with E-state index in [-0.39, 0.29) is 12.5 Å². The molecule has 0 N–H and O–H groups in total. The Balaban J connectivity index is 1.24. The first-order chi connectivity index (χ1) is 15.2. The van der Waals surface area contributed by atoms with E-state index in [1.807, 2.05) is 24.3 Å². The second kappa shape index (κ2) is 8.41. The molecule has 0 bridgehead atoms. The maximum absolute atomic E-state index is 12.4. The van der Waals surface area contributed by atoms with Crippen molar-refractivity contribution in [3.8, 4) is 33.4 Å². The van der Waals surface area contributed by atoms with Crippen LogP contribution in [0, 0.1) is 0 Å². The topological polar surface area (TPSA) is 83.7 Å². The van der Waals surface area contributed by atoms with Crippen LogP contribution in [0.4, 0.5) is 0 Å². The standard InChI is InChI=1S/C22H15ClN2O5S/c23-15-4-1-13(2-5-15)21-25-24-20(30-21)12-29-22(26)19-8-7-18(31-19)14-3-6-16-17(11-14)28-10-9-27-16/h1-8,11H,9-10,12H2. The van der Waals surface area contributed by atoms with Crippen molar-refractivity contribution in [2.45, 2.75) is 6.61 Å². The molecule has 31 heavy (non-hydrogen) atoms. The smallest absolute Gasteiger partial charge is 0.348 e. The lowest BCUT2D eigenvalue weighted by Crippen LogP contribution is -2.15. The number of aromatic nitrogens is 2. The number of carbonyl (C=O) groups excluding carboxylic acids is 1. The average molecular weight is 455 g/mol. The van der Waals surface area contributed by atoms with Crippen molar-refractivity contribution in [2.24, 2.45) is 0 Å². The number of halogens is 1. The molecule has 5 rings (SSSR count). The van der Waals surface area contributed by atoms with Crippen molar-refractivity contribution >= 4 is 28.9 Å². The van der Waals surface area contributed by atoms with Gasteiger partial charge in [0.15, 0.2) is 18.1 Å². The number of esters is 1. The number of carbonyl (C=O) groups is 1. The van der Waals surface area contributed by atoms with Crippen LogP contribution in [-0.2, 0) is 11.3 Å². The molecule has 0 saturated carbocycles. The summed E-state index contributed by atoms with van der Waals surface area (Å²) < 4.78 is 22.1. The molecule has 0 fully saturated rings. The summed E-state index contributed by atoms with van der Waals surface area (Å²) in [7, 11) is 0. The highest BCUT2D eigenvalue weighted by atomic mass is 35.5. The second-order valence-electron chi connectivity index (χ2n) is 6.61. The molecule has 0 amide bonds. The Morgan fingerprint density at radius 2 is 1.74 bits per heavy atom. The zero-order valence-electron chi connectivity index (χ0n) is 16.0. The van der Waals surface area contributed by atoms with Crippen molar-refractivity contribution in [3.63, 3.8) is 0 Å². The minimum Gasteiger partial charge on any atom is -0.486 e. The molecule has 0 radical (unpaired) electrons. The molecule has 3 heterocycles. The monoisotopic (exact) mass is 454 g/mol. The van der Waals surface area contributed by atoms with E-state index in [4.69, 9.17) is 30.2 Å². The van der Waals surface area contributed by atoms with E-state index in [1.165, 1.54) is 11.3 Å². The van der Waals surface area contributed by atoms with Crippen molar-refractivity contribution < 1.29 is 23.4 Å². The van der Waals surface area contributed by atoms with Gasteiger partial charge in [0.25, 0.3) is 5.89 Å². The van der Waals surface area contributed by atoms with E-state index in [2.05, 4.69) is 10.2 Å². The highest BCUT2D eigenvalue weighted by molar-refractivity contribution is 7.17. The van der Waals surface area contributed by atoms with Crippen LogP contribution < -0.4 is 9.47 Å².